The Morgan fingerprint density at radius 1 is 1.50 bits per heavy atom. The topological polar surface area (TPSA) is 167 Å². The number of nitrogens with one attached hydrogen (secondary N) is 3. The highest BCUT2D eigenvalue weighted by Crippen LogP contribution is 2.17. The maximum Gasteiger partial charge on any atom is 0.375 e. The van der Waals surface area contributed by atoms with Crippen LogP contribution in [-0.2, 0) is 9.59 Å². The highest BCUT2D eigenvalue weighted by molar-refractivity contribution is 5.88. The second-order valence-electron chi connectivity index (χ2n) is 4.29. The van der Waals surface area contributed by atoms with E-state index in [4.69, 9.17) is 0 Å². The van der Waals surface area contributed by atoms with Crippen LogP contribution in [0.1, 0.15) is 20.3 Å². The summed E-state index contributed by atoms with van der Waals surface area (Å²) in [6, 6.07) is 0. The van der Waals surface area contributed by atoms with Crippen LogP contribution in [0, 0.1) is 10.1 Å². The third kappa shape index (κ3) is 4.34. The summed E-state index contributed by atoms with van der Waals surface area (Å²) < 4.78 is 0. The molecule has 120 valence electrons. The summed E-state index contributed by atoms with van der Waals surface area (Å²) in [6.45, 7) is 2.30. The van der Waals surface area contributed by atoms with E-state index in [2.05, 4.69) is 15.6 Å². The van der Waals surface area contributed by atoms with E-state index in [1.54, 1.807) is 6.92 Å². The van der Waals surface area contributed by atoms with Crippen LogP contribution >= 0.6 is 0 Å². The van der Waals surface area contributed by atoms with Crippen LogP contribution < -0.4 is 16.2 Å². The standard InChI is InChI=1S/C11H15N5O6/c1-3-6(18)7(19)4-12-9-8(16(21)22)10(20)15-11(14-9)13-5(2)17/h6,18H,3-4H2,1-2H3,(H3,12,13,14,15,17,20)/t6-/m0/s1. The van der Waals surface area contributed by atoms with Gasteiger partial charge in [-0.3, -0.25) is 34.8 Å². The Morgan fingerprint density at radius 3 is 2.64 bits per heavy atom. The number of ketones is 1. The van der Waals surface area contributed by atoms with E-state index in [9.17, 15) is 29.6 Å². The number of aromatic amines is 1. The highest BCUT2D eigenvalue weighted by Gasteiger charge is 2.24. The zero-order valence-electron chi connectivity index (χ0n) is 11.9. The van der Waals surface area contributed by atoms with Gasteiger partial charge in [0.2, 0.25) is 17.7 Å². The molecule has 1 amide bonds. The molecule has 0 spiro atoms. The molecular weight excluding hydrogens is 298 g/mol. The van der Waals surface area contributed by atoms with Gasteiger partial charge in [-0.15, -0.1) is 0 Å². The lowest BCUT2D eigenvalue weighted by molar-refractivity contribution is -0.385. The van der Waals surface area contributed by atoms with Crippen molar-refractivity contribution in [3.63, 3.8) is 0 Å². The molecule has 11 nitrogen and oxygen atoms in total. The SMILES string of the molecule is CC[C@H](O)C(=O)CNc1nc(NC(C)=O)[nH]c(=O)c1[N+](=O)[O-]. The smallest absolute Gasteiger partial charge is 0.375 e. The minimum Gasteiger partial charge on any atom is -0.385 e. The van der Waals surface area contributed by atoms with Crippen molar-refractivity contribution in [2.45, 2.75) is 26.4 Å². The summed E-state index contributed by atoms with van der Waals surface area (Å²) in [5.41, 5.74) is -1.98. The number of nitro groups is 1. The van der Waals surface area contributed by atoms with Crippen molar-refractivity contribution in [2.75, 3.05) is 17.2 Å². The van der Waals surface area contributed by atoms with Crippen LogP contribution in [0.5, 0.6) is 0 Å². The number of anilines is 2. The number of H-pyrrole nitrogens is 1. The van der Waals surface area contributed by atoms with Gasteiger partial charge in [0.05, 0.1) is 11.5 Å². The summed E-state index contributed by atoms with van der Waals surface area (Å²) in [7, 11) is 0. The Morgan fingerprint density at radius 2 is 2.14 bits per heavy atom. The Bertz CT molecular complexity index is 655. The lowest BCUT2D eigenvalue weighted by Gasteiger charge is -2.09. The zero-order valence-corrected chi connectivity index (χ0v) is 11.9. The van der Waals surface area contributed by atoms with Gasteiger partial charge in [-0.2, -0.15) is 4.98 Å². The zero-order chi connectivity index (χ0) is 16.9. The molecule has 1 heterocycles. The highest BCUT2D eigenvalue weighted by atomic mass is 16.6. The Labute approximate surface area is 123 Å². The lowest BCUT2D eigenvalue weighted by Crippen LogP contribution is -2.28. The minimum absolute atomic E-state index is 0.183. The third-order valence-corrected chi connectivity index (χ3v) is 2.56. The number of carbonyl (C=O) groups excluding carboxylic acids is 2. The molecule has 1 aromatic rings. The first-order valence-electron chi connectivity index (χ1n) is 6.27. The number of carbonyl (C=O) groups is 2. The first-order valence-corrected chi connectivity index (χ1v) is 6.27. The molecule has 0 fully saturated rings. The Kier molecular flexibility index (Phi) is 5.69. The molecule has 0 unspecified atom stereocenters. The second-order valence-corrected chi connectivity index (χ2v) is 4.29. The number of hydrogen-bond donors (Lipinski definition) is 4. The number of amides is 1. The number of aliphatic hydroxyl groups is 1. The van der Waals surface area contributed by atoms with Crippen LogP contribution in [0.3, 0.4) is 0 Å². The molecule has 11 heteroatoms. The molecule has 0 saturated carbocycles. The fourth-order valence-electron chi connectivity index (χ4n) is 1.50. The number of hydrogen-bond acceptors (Lipinski definition) is 8. The molecule has 0 aliphatic rings. The van der Waals surface area contributed by atoms with Gasteiger partial charge in [0, 0.05) is 6.92 Å². The van der Waals surface area contributed by atoms with Gasteiger partial charge in [-0.1, -0.05) is 6.92 Å². The molecule has 0 bridgehead atoms. The van der Waals surface area contributed by atoms with E-state index < -0.39 is 46.3 Å². The van der Waals surface area contributed by atoms with Gasteiger partial charge >= 0.3 is 11.2 Å². The molecule has 0 aliphatic carbocycles. The predicted molar refractivity (Wildman–Crippen MR) is 75.6 cm³/mol. The number of aromatic nitrogens is 2. The quantitative estimate of drug-likeness (QED) is 0.382. The number of rotatable bonds is 7. The van der Waals surface area contributed by atoms with Crippen molar-refractivity contribution in [1.82, 2.24) is 9.97 Å². The van der Waals surface area contributed by atoms with Gasteiger partial charge in [0.1, 0.15) is 6.10 Å². The fraction of sp³-hybridized carbons (Fsp3) is 0.455. The first-order chi connectivity index (χ1) is 10.3. The average molecular weight is 313 g/mol. The molecule has 0 radical (unpaired) electrons. The summed E-state index contributed by atoms with van der Waals surface area (Å²) in [5.74, 6) is -1.93. The van der Waals surface area contributed by atoms with Gasteiger partial charge in [-0.05, 0) is 6.42 Å². The molecule has 1 atom stereocenters. The molecule has 1 aromatic heterocycles. The van der Waals surface area contributed by atoms with E-state index in [-0.39, 0.29) is 12.4 Å². The Balaban J connectivity index is 3.11. The first kappa shape index (κ1) is 17.2. The maximum absolute atomic E-state index is 11.7. The third-order valence-electron chi connectivity index (χ3n) is 2.56. The average Bonchev–Trinajstić information content (AvgIpc) is 2.41. The summed E-state index contributed by atoms with van der Waals surface area (Å²) >= 11 is 0. The number of Topliss-reactive ketones (excluding diaryl/α,β-unsaturated/α-hetero) is 1. The predicted octanol–water partition coefficient (Wildman–Crippen LogP) is -0.612. The van der Waals surface area contributed by atoms with E-state index in [0.717, 1.165) is 6.92 Å². The van der Waals surface area contributed by atoms with E-state index in [1.807, 2.05) is 4.98 Å². The van der Waals surface area contributed by atoms with Gasteiger partial charge in [0.15, 0.2) is 5.78 Å². The van der Waals surface area contributed by atoms with E-state index >= 15 is 0 Å². The molecule has 22 heavy (non-hydrogen) atoms. The minimum atomic E-state index is -1.22. The molecular formula is C11H15N5O6. The molecule has 0 aliphatic heterocycles. The summed E-state index contributed by atoms with van der Waals surface area (Å²) in [6.07, 6.45) is -1.04. The summed E-state index contributed by atoms with van der Waals surface area (Å²) in [4.78, 5) is 49.7. The van der Waals surface area contributed by atoms with Crippen LogP contribution in [0.4, 0.5) is 17.5 Å². The lowest BCUT2D eigenvalue weighted by atomic mass is 10.2. The molecule has 4 N–H and O–H groups in total. The fourth-order valence-corrected chi connectivity index (χ4v) is 1.50. The molecule has 1 rings (SSSR count). The van der Waals surface area contributed by atoms with E-state index in [0.29, 0.717) is 0 Å². The van der Waals surface area contributed by atoms with Crippen molar-refractivity contribution < 1.29 is 19.6 Å². The Hall–Kier alpha value is -2.82. The van der Waals surface area contributed by atoms with Crippen LogP contribution in [0.2, 0.25) is 0 Å². The maximum atomic E-state index is 11.7. The van der Waals surface area contributed by atoms with Crippen molar-refractivity contribution >= 4 is 29.1 Å². The number of aliphatic hydroxyl groups excluding tert-OH is 1. The largest absolute Gasteiger partial charge is 0.385 e. The summed E-state index contributed by atoms with van der Waals surface area (Å²) in [5, 5.41) is 24.7. The van der Waals surface area contributed by atoms with Gasteiger partial charge in [0.25, 0.3) is 0 Å². The van der Waals surface area contributed by atoms with Crippen molar-refractivity contribution in [2.24, 2.45) is 0 Å². The number of nitrogens with zero attached hydrogens (tertiary/aromatic N) is 2. The van der Waals surface area contributed by atoms with Gasteiger partial charge < -0.3 is 10.4 Å². The molecule has 0 aromatic carbocycles. The van der Waals surface area contributed by atoms with Crippen LogP contribution in [-0.4, -0.2) is 44.3 Å². The van der Waals surface area contributed by atoms with Crippen LogP contribution in [0.25, 0.3) is 0 Å². The molecule has 0 saturated heterocycles. The normalized spacial score (nSPS) is 11.6. The van der Waals surface area contributed by atoms with Gasteiger partial charge in [-0.25, -0.2) is 0 Å². The van der Waals surface area contributed by atoms with Crippen molar-refractivity contribution in [3.8, 4) is 0 Å². The van der Waals surface area contributed by atoms with E-state index in [1.165, 1.54) is 0 Å². The van der Waals surface area contributed by atoms with Crippen molar-refractivity contribution in [1.29, 1.82) is 0 Å². The van der Waals surface area contributed by atoms with Crippen LogP contribution in [0.15, 0.2) is 4.79 Å². The monoisotopic (exact) mass is 313 g/mol. The van der Waals surface area contributed by atoms with Crippen molar-refractivity contribution in [3.05, 3.63) is 20.5 Å². The second kappa shape index (κ2) is 7.26.